The zero-order chi connectivity index (χ0) is 12.6. The van der Waals surface area contributed by atoms with E-state index < -0.39 is 0 Å². The molecule has 2 aliphatic rings. The van der Waals surface area contributed by atoms with Crippen LogP contribution in [0.25, 0.3) is 0 Å². The molecule has 0 saturated carbocycles. The van der Waals surface area contributed by atoms with E-state index in [1.165, 1.54) is 5.56 Å². The van der Waals surface area contributed by atoms with Crippen molar-refractivity contribution >= 4 is 0 Å². The fraction of sp³-hybridized carbons (Fsp3) is 0.600. The summed E-state index contributed by atoms with van der Waals surface area (Å²) in [6.07, 6.45) is 0.959. The van der Waals surface area contributed by atoms with Crippen LogP contribution in [0.15, 0.2) is 18.2 Å². The molecule has 98 valence electrons. The lowest BCUT2D eigenvalue weighted by molar-refractivity contribution is 0.296. The summed E-state index contributed by atoms with van der Waals surface area (Å²) in [5, 5.41) is 3.48. The maximum Gasteiger partial charge on any atom is 0.161 e. The third-order valence-corrected chi connectivity index (χ3v) is 4.05. The van der Waals surface area contributed by atoms with Crippen LogP contribution in [0.2, 0.25) is 0 Å². The second-order valence-electron chi connectivity index (χ2n) is 5.93. The van der Waals surface area contributed by atoms with Crippen molar-refractivity contribution in [2.45, 2.75) is 26.2 Å². The highest BCUT2D eigenvalue weighted by molar-refractivity contribution is 5.45. The van der Waals surface area contributed by atoms with Crippen LogP contribution < -0.4 is 14.8 Å². The zero-order valence-electron chi connectivity index (χ0n) is 11.2. The normalized spacial score (nSPS) is 25.8. The Morgan fingerprint density at radius 3 is 2.67 bits per heavy atom. The van der Waals surface area contributed by atoms with Gasteiger partial charge in [-0.25, -0.2) is 0 Å². The molecule has 0 amide bonds. The summed E-state index contributed by atoms with van der Waals surface area (Å²) < 4.78 is 11.4. The monoisotopic (exact) mass is 247 g/mol. The lowest BCUT2D eigenvalue weighted by Crippen LogP contribution is -2.20. The Morgan fingerprint density at radius 2 is 1.94 bits per heavy atom. The first kappa shape index (κ1) is 11.8. The minimum atomic E-state index is 0.305. The van der Waals surface area contributed by atoms with E-state index in [4.69, 9.17) is 9.47 Å². The Balaban J connectivity index is 1.92. The lowest BCUT2D eigenvalue weighted by atomic mass is 9.78. The van der Waals surface area contributed by atoms with Crippen LogP contribution in [-0.4, -0.2) is 26.3 Å². The lowest BCUT2D eigenvalue weighted by Gasteiger charge is -2.26. The average Bonchev–Trinajstić information content (AvgIpc) is 2.58. The molecule has 2 heterocycles. The van der Waals surface area contributed by atoms with Crippen molar-refractivity contribution in [1.82, 2.24) is 5.32 Å². The van der Waals surface area contributed by atoms with Crippen molar-refractivity contribution < 1.29 is 9.47 Å². The molecule has 1 fully saturated rings. The summed E-state index contributed by atoms with van der Waals surface area (Å²) in [5.41, 5.74) is 1.66. The van der Waals surface area contributed by atoms with Crippen molar-refractivity contribution in [2.75, 3.05) is 26.3 Å². The topological polar surface area (TPSA) is 30.5 Å². The number of ether oxygens (including phenoxy) is 2. The Hall–Kier alpha value is -1.22. The molecule has 1 aromatic rings. The second-order valence-corrected chi connectivity index (χ2v) is 5.93. The Bertz CT molecular complexity index is 442. The Kier molecular flexibility index (Phi) is 2.94. The van der Waals surface area contributed by atoms with Gasteiger partial charge in [0.1, 0.15) is 0 Å². The molecule has 3 rings (SSSR count). The van der Waals surface area contributed by atoms with Gasteiger partial charge in [-0.2, -0.15) is 0 Å². The first-order valence-corrected chi connectivity index (χ1v) is 6.77. The minimum Gasteiger partial charge on any atom is -0.490 e. The maximum absolute atomic E-state index is 5.77. The number of hydrogen-bond acceptors (Lipinski definition) is 3. The standard InChI is InChI=1S/C15H21NO2/c1-15(2)10-16-9-12(15)11-4-5-13-14(8-11)18-7-3-6-17-13/h4-5,8,12,16H,3,6-7,9-10H2,1-2H3. The van der Waals surface area contributed by atoms with Crippen molar-refractivity contribution in [2.24, 2.45) is 5.41 Å². The van der Waals surface area contributed by atoms with E-state index >= 15 is 0 Å². The van der Waals surface area contributed by atoms with E-state index in [2.05, 4.69) is 37.4 Å². The highest BCUT2D eigenvalue weighted by atomic mass is 16.5. The minimum absolute atomic E-state index is 0.305. The Morgan fingerprint density at radius 1 is 1.17 bits per heavy atom. The molecule has 1 unspecified atom stereocenters. The van der Waals surface area contributed by atoms with E-state index in [0.29, 0.717) is 11.3 Å². The van der Waals surface area contributed by atoms with Crippen LogP contribution in [0.1, 0.15) is 31.7 Å². The van der Waals surface area contributed by atoms with Crippen molar-refractivity contribution in [3.63, 3.8) is 0 Å². The molecule has 1 N–H and O–H groups in total. The molecule has 0 radical (unpaired) electrons. The number of fused-ring (bicyclic) bond motifs is 1. The SMILES string of the molecule is CC1(C)CNCC1c1ccc2c(c1)OCCCO2. The molecule has 3 heteroatoms. The van der Waals surface area contributed by atoms with Gasteiger partial charge in [-0.3, -0.25) is 0 Å². The quantitative estimate of drug-likeness (QED) is 0.827. The maximum atomic E-state index is 5.77. The van der Waals surface area contributed by atoms with E-state index in [0.717, 1.165) is 44.2 Å². The molecule has 1 atom stereocenters. The zero-order valence-corrected chi connectivity index (χ0v) is 11.2. The summed E-state index contributed by atoms with van der Waals surface area (Å²) in [7, 11) is 0. The largest absolute Gasteiger partial charge is 0.490 e. The van der Waals surface area contributed by atoms with Crippen molar-refractivity contribution in [3.05, 3.63) is 23.8 Å². The fourth-order valence-corrected chi connectivity index (χ4v) is 2.90. The van der Waals surface area contributed by atoms with E-state index in [-0.39, 0.29) is 0 Å². The second kappa shape index (κ2) is 4.47. The van der Waals surface area contributed by atoms with Crippen LogP contribution in [-0.2, 0) is 0 Å². The highest BCUT2D eigenvalue weighted by Gasteiger charge is 2.35. The molecular formula is C15H21NO2. The first-order chi connectivity index (χ1) is 8.67. The van der Waals surface area contributed by atoms with Gasteiger partial charge in [0.2, 0.25) is 0 Å². The van der Waals surface area contributed by atoms with Gasteiger partial charge >= 0.3 is 0 Å². The summed E-state index contributed by atoms with van der Waals surface area (Å²) in [5.74, 6) is 2.35. The van der Waals surface area contributed by atoms with Gasteiger partial charge in [-0.15, -0.1) is 0 Å². The summed E-state index contributed by atoms with van der Waals surface area (Å²) >= 11 is 0. The van der Waals surface area contributed by atoms with Crippen molar-refractivity contribution in [1.29, 1.82) is 0 Å². The Labute approximate surface area is 108 Å². The molecule has 0 aromatic heterocycles. The highest BCUT2D eigenvalue weighted by Crippen LogP contribution is 2.41. The van der Waals surface area contributed by atoms with E-state index in [1.807, 2.05) is 0 Å². The van der Waals surface area contributed by atoms with Gasteiger partial charge in [0.25, 0.3) is 0 Å². The number of benzene rings is 1. The van der Waals surface area contributed by atoms with E-state index in [9.17, 15) is 0 Å². The third kappa shape index (κ3) is 2.07. The number of rotatable bonds is 1. The molecule has 0 spiro atoms. The van der Waals surface area contributed by atoms with Crippen LogP contribution in [0.4, 0.5) is 0 Å². The average molecular weight is 247 g/mol. The molecule has 1 saturated heterocycles. The van der Waals surface area contributed by atoms with Crippen LogP contribution in [0.3, 0.4) is 0 Å². The first-order valence-electron chi connectivity index (χ1n) is 6.77. The molecule has 0 aliphatic carbocycles. The van der Waals surface area contributed by atoms with Crippen LogP contribution in [0, 0.1) is 5.41 Å². The fourth-order valence-electron chi connectivity index (χ4n) is 2.90. The number of hydrogen-bond donors (Lipinski definition) is 1. The van der Waals surface area contributed by atoms with E-state index in [1.54, 1.807) is 0 Å². The van der Waals surface area contributed by atoms with Gasteiger partial charge < -0.3 is 14.8 Å². The van der Waals surface area contributed by atoms with Crippen LogP contribution >= 0.6 is 0 Å². The van der Waals surface area contributed by atoms with Gasteiger partial charge in [-0.1, -0.05) is 19.9 Å². The molecule has 0 bridgehead atoms. The third-order valence-electron chi connectivity index (χ3n) is 4.05. The van der Waals surface area contributed by atoms with Crippen LogP contribution in [0.5, 0.6) is 11.5 Å². The van der Waals surface area contributed by atoms with Crippen molar-refractivity contribution in [3.8, 4) is 11.5 Å². The van der Waals surface area contributed by atoms with Gasteiger partial charge in [-0.05, 0) is 23.1 Å². The van der Waals surface area contributed by atoms with Gasteiger partial charge in [0, 0.05) is 25.4 Å². The molecule has 1 aromatic carbocycles. The van der Waals surface area contributed by atoms with Gasteiger partial charge in [0.15, 0.2) is 11.5 Å². The molecular weight excluding hydrogens is 226 g/mol. The summed E-state index contributed by atoms with van der Waals surface area (Å²) in [4.78, 5) is 0. The number of nitrogens with one attached hydrogen (secondary N) is 1. The molecule has 18 heavy (non-hydrogen) atoms. The summed E-state index contributed by atoms with van der Waals surface area (Å²) in [6, 6.07) is 6.41. The predicted octanol–water partition coefficient (Wildman–Crippen LogP) is 2.56. The molecule has 2 aliphatic heterocycles. The smallest absolute Gasteiger partial charge is 0.161 e. The summed E-state index contributed by atoms with van der Waals surface area (Å²) in [6.45, 7) is 8.27. The van der Waals surface area contributed by atoms with Gasteiger partial charge in [0.05, 0.1) is 13.2 Å². The molecule has 3 nitrogen and oxygen atoms in total. The predicted molar refractivity (Wildman–Crippen MR) is 71.4 cm³/mol.